The van der Waals surface area contributed by atoms with Crippen LogP contribution in [-0.4, -0.2) is 25.5 Å². The molecule has 1 unspecified atom stereocenters. The zero-order valence-corrected chi connectivity index (χ0v) is 5.18. The Morgan fingerprint density at radius 1 is 1.80 bits per heavy atom. The number of aromatic nitrogens is 4. The van der Waals surface area contributed by atoms with Crippen LogP contribution in [0.2, 0.25) is 0 Å². The van der Waals surface area contributed by atoms with Gasteiger partial charge in [0.25, 0.3) is 6.04 Å². The number of aromatic amines is 1. The van der Waals surface area contributed by atoms with Crippen LogP contribution in [-0.2, 0) is 0 Å². The third-order valence-electron chi connectivity index (χ3n) is 1.05. The lowest BCUT2D eigenvalue weighted by atomic mass is 10.3. The van der Waals surface area contributed by atoms with Crippen LogP contribution in [0.15, 0.2) is 0 Å². The van der Waals surface area contributed by atoms with Gasteiger partial charge in [-0.1, -0.05) is 0 Å². The minimum Gasteiger partial charge on any atom is -0.264 e. The van der Waals surface area contributed by atoms with E-state index in [1.165, 1.54) is 6.92 Å². The van der Waals surface area contributed by atoms with Crippen molar-refractivity contribution in [3.8, 4) is 0 Å². The maximum Gasteiger partial charge on any atom is 0.272 e. The van der Waals surface area contributed by atoms with Crippen molar-refractivity contribution in [2.45, 2.75) is 13.0 Å². The highest BCUT2D eigenvalue weighted by atomic mass is 16.6. The second-order valence-corrected chi connectivity index (χ2v) is 1.73. The lowest BCUT2D eigenvalue weighted by Crippen LogP contribution is -2.07. The molecule has 0 saturated heterocycles. The average molecular weight is 143 g/mol. The number of tetrazole rings is 1. The number of rotatable bonds is 2. The Hall–Kier alpha value is -1.53. The number of hydrogen-bond donors (Lipinski definition) is 1. The van der Waals surface area contributed by atoms with Crippen molar-refractivity contribution in [3.63, 3.8) is 0 Å². The fourth-order valence-corrected chi connectivity index (χ4v) is 0.441. The first-order valence-corrected chi connectivity index (χ1v) is 2.58. The van der Waals surface area contributed by atoms with Gasteiger partial charge in [0.2, 0.25) is 5.82 Å². The van der Waals surface area contributed by atoms with E-state index in [9.17, 15) is 10.1 Å². The van der Waals surface area contributed by atoms with E-state index in [1.54, 1.807) is 0 Å². The Labute approximate surface area is 55.6 Å². The molecule has 0 radical (unpaired) electrons. The fourth-order valence-electron chi connectivity index (χ4n) is 0.441. The van der Waals surface area contributed by atoms with Crippen LogP contribution in [0.4, 0.5) is 0 Å². The van der Waals surface area contributed by atoms with Gasteiger partial charge >= 0.3 is 0 Å². The zero-order valence-electron chi connectivity index (χ0n) is 5.18. The number of nitrogens with zero attached hydrogens (tertiary/aromatic N) is 4. The molecule has 54 valence electrons. The molecule has 0 aliphatic rings. The molecule has 0 aromatic carbocycles. The van der Waals surface area contributed by atoms with Crippen LogP contribution >= 0.6 is 0 Å². The van der Waals surface area contributed by atoms with Crippen molar-refractivity contribution >= 4 is 0 Å². The third-order valence-corrected chi connectivity index (χ3v) is 1.05. The molecular formula is C3H5N5O2. The molecule has 1 heterocycles. The average Bonchev–Trinajstić information content (AvgIpc) is 2.36. The lowest BCUT2D eigenvalue weighted by molar-refractivity contribution is -0.525. The van der Waals surface area contributed by atoms with Gasteiger partial charge in [-0.15, -0.1) is 10.2 Å². The molecule has 0 fully saturated rings. The van der Waals surface area contributed by atoms with E-state index in [4.69, 9.17) is 0 Å². The van der Waals surface area contributed by atoms with Gasteiger partial charge in [-0.25, -0.2) is 0 Å². The van der Waals surface area contributed by atoms with Gasteiger partial charge in [0.05, 0.1) is 0 Å². The molecule has 0 amide bonds. The first-order valence-electron chi connectivity index (χ1n) is 2.58. The molecule has 0 bridgehead atoms. The van der Waals surface area contributed by atoms with E-state index in [0.717, 1.165) is 0 Å². The van der Waals surface area contributed by atoms with Gasteiger partial charge < -0.3 is 0 Å². The Bertz CT molecular complexity index is 219. The molecule has 10 heavy (non-hydrogen) atoms. The maximum atomic E-state index is 10.1. The molecule has 0 aliphatic heterocycles. The molecule has 1 N–H and O–H groups in total. The molecule has 7 nitrogen and oxygen atoms in total. The van der Waals surface area contributed by atoms with E-state index < -0.39 is 11.0 Å². The van der Waals surface area contributed by atoms with Gasteiger partial charge in [-0.2, -0.15) is 5.21 Å². The van der Waals surface area contributed by atoms with E-state index in [0.29, 0.717) is 0 Å². The van der Waals surface area contributed by atoms with Crippen LogP contribution in [0.1, 0.15) is 18.8 Å². The summed E-state index contributed by atoms with van der Waals surface area (Å²) in [6, 6.07) is -0.890. The first-order chi connectivity index (χ1) is 4.72. The van der Waals surface area contributed by atoms with Crippen molar-refractivity contribution in [1.29, 1.82) is 0 Å². The second kappa shape index (κ2) is 2.38. The summed E-state index contributed by atoms with van der Waals surface area (Å²) in [5, 5.41) is 22.3. The van der Waals surface area contributed by atoms with Gasteiger partial charge in [0, 0.05) is 11.8 Å². The molecular weight excluding hydrogens is 138 g/mol. The third kappa shape index (κ3) is 1.07. The number of nitrogens with one attached hydrogen (secondary N) is 1. The zero-order chi connectivity index (χ0) is 7.56. The van der Waals surface area contributed by atoms with Gasteiger partial charge in [-0.05, 0) is 5.21 Å². The first kappa shape index (κ1) is 6.59. The van der Waals surface area contributed by atoms with E-state index in [2.05, 4.69) is 20.6 Å². The fraction of sp³-hybridized carbons (Fsp3) is 0.667. The summed E-state index contributed by atoms with van der Waals surface area (Å²) in [5.41, 5.74) is 0. The molecule has 0 spiro atoms. The minimum atomic E-state index is -0.890. The van der Waals surface area contributed by atoms with Crippen molar-refractivity contribution in [2.24, 2.45) is 0 Å². The summed E-state index contributed by atoms with van der Waals surface area (Å²) in [6.45, 7) is 1.39. The summed E-state index contributed by atoms with van der Waals surface area (Å²) in [5.74, 6) is 0.102. The van der Waals surface area contributed by atoms with Crippen LogP contribution in [0, 0.1) is 10.1 Å². The van der Waals surface area contributed by atoms with E-state index in [1.807, 2.05) is 0 Å². The van der Waals surface area contributed by atoms with Crippen molar-refractivity contribution in [2.75, 3.05) is 0 Å². The Morgan fingerprint density at radius 2 is 2.50 bits per heavy atom. The summed E-state index contributed by atoms with van der Waals surface area (Å²) in [4.78, 5) is 9.60. The van der Waals surface area contributed by atoms with Crippen LogP contribution in [0.3, 0.4) is 0 Å². The van der Waals surface area contributed by atoms with Crippen LogP contribution in [0.5, 0.6) is 0 Å². The van der Waals surface area contributed by atoms with Crippen molar-refractivity contribution in [3.05, 3.63) is 15.9 Å². The summed E-state index contributed by atoms with van der Waals surface area (Å²) in [6.07, 6.45) is 0. The van der Waals surface area contributed by atoms with Crippen LogP contribution in [0.25, 0.3) is 0 Å². The number of nitro groups is 1. The van der Waals surface area contributed by atoms with E-state index >= 15 is 0 Å². The predicted octanol–water partition coefficient (Wildman–Crippen LogP) is -0.463. The summed E-state index contributed by atoms with van der Waals surface area (Å²) >= 11 is 0. The van der Waals surface area contributed by atoms with Crippen LogP contribution < -0.4 is 0 Å². The highest BCUT2D eigenvalue weighted by Crippen LogP contribution is 2.06. The van der Waals surface area contributed by atoms with Crippen molar-refractivity contribution in [1.82, 2.24) is 20.6 Å². The standard InChI is InChI=1S/C3H5N5O2/c1-2(8(9)10)3-4-6-7-5-3/h2H,1H3,(H,4,5,6,7). The maximum absolute atomic E-state index is 10.1. The molecule has 1 atom stereocenters. The van der Waals surface area contributed by atoms with Gasteiger partial charge in [-0.3, -0.25) is 10.1 Å². The second-order valence-electron chi connectivity index (χ2n) is 1.73. The lowest BCUT2D eigenvalue weighted by Gasteiger charge is -1.93. The Morgan fingerprint density at radius 3 is 2.90 bits per heavy atom. The normalized spacial score (nSPS) is 12.9. The van der Waals surface area contributed by atoms with Gasteiger partial charge in [0.15, 0.2) is 0 Å². The summed E-state index contributed by atoms with van der Waals surface area (Å²) in [7, 11) is 0. The molecule has 1 rings (SSSR count). The quantitative estimate of drug-likeness (QED) is 0.446. The molecule has 0 aliphatic carbocycles. The molecule has 7 heteroatoms. The smallest absolute Gasteiger partial charge is 0.264 e. The highest BCUT2D eigenvalue weighted by Gasteiger charge is 2.20. The van der Waals surface area contributed by atoms with Crippen molar-refractivity contribution < 1.29 is 4.92 Å². The molecule has 1 aromatic heterocycles. The number of H-pyrrole nitrogens is 1. The number of hydrogen-bond acceptors (Lipinski definition) is 5. The Balaban J connectivity index is 2.77. The molecule has 0 saturated carbocycles. The Kier molecular flexibility index (Phi) is 1.57. The summed E-state index contributed by atoms with van der Waals surface area (Å²) < 4.78 is 0. The largest absolute Gasteiger partial charge is 0.272 e. The SMILES string of the molecule is CC(c1nn[nH]n1)[N+](=O)[O-]. The van der Waals surface area contributed by atoms with E-state index in [-0.39, 0.29) is 5.82 Å². The van der Waals surface area contributed by atoms with Gasteiger partial charge in [0.1, 0.15) is 0 Å². The predicted molar refractivity (Wildman–Crippen MR) is 29.6 cm³/mol. The monoisotopic (exact) mass is 143 g/mol. The minimum absolute atomic E-state index is 0.102. The highest BCUT2D eigenvalue weighted by molar-refractivity contribution is 4.79. The molecule has 1 aromatic rings. The topological polar surface area (TPSA) is 97.6 Å².